The molecule has 0 aliphatic heterocycles. The highest BCUT2D eigenvalue weighted by Crippen LogP contribution is 2.18. The topological polar surface area (TPSA) is 69.8 Å². The molecule has 0 spiro atoms. The number of aromatic nitrogens is 4. The average molecular weight is 261 g/mol. The molecule has 0 saturated carbocycles. The lowest BCUT2D eigenvalue weighted by Crippen LogP contribution is -2.14. The number of hydrogen-bond donors (Lipinski definition) is 0. The summed E-state index contributed by atoms with van der Waals surface area (Å²) >= 11 is 5.63. The monoisotopic (exact) mass is 260 g/mol. The predicted octanol–water partition coefficient (Wildman–Crippen LogP) is 0.815. The van der Waals surface area contributed by atoms with Crippen molar-refractivity contribution in [2.24, 2.45) is 7.05 Å². The molecule has 0 aromatic carbocycles. The number of nitrogens with zero attached hydrogens (tertiary/aromatic N) is 4. The molecule has 16 heavy (non-hydrogen) atoms. The van der Waals surface area contributed by atoms with Gasteiger partial charge in [0.25, 0.3) is 10.0 Å². The summed E-state index contributed by atoms with van der Waals surface area (Å²) in [6.07, 6.45) is 3.80. The molecular formula is C8H9ClN4O2S. The molecule has 86 valence electrons. The van der Waals surface area contributed by atoms with Crippen LogP contribution in [0, 0.1) is 6.92 Å². The largest absolute Gasteiger partial charge is 0.286 e. The Morgan fingerprint density at radius 1 is 1.31 bits per heavy atom. The van der Waals surface area contributed by atoms with Crippen LogP contribution in [0.4, 0.5) is 0 Å². The number of rotatable bonds is 2. The van der Waals surface area contributed by atoms with Crippen molar-refractivity contribution in [2.45, 2.75) is 11.8 Å². The SMILES string of the molecule is Cc1c(S(=O)(=O)n2cc(Cl)cn2)cnn1C. The lowest BCUT2D eigenvalue weighted by atomic mass is 10.5. The van der Waals surface area contributed by atoms with E-state index in [1.807, 2.05) is 0 Å². The Bertz CT molecular complexity index is 628. The molecule has 0 unspecified atom stereocenters. The summed E-state index contributed by atoms with van der Waals surface area (Å²) in [5.74, 6) is 0. The molecule has 0 N–H and O–H groups in total. The molecule has 2 aromatic rings. The number of halogens is 1. The van der Waals surface area contributed by atoms with Gasteiger partial charge in [-0.1, -0.05) is 11.6 Å². The first-order valence-corrected chi connectivity index (χ1v) is 6.19. The summed E-state index contributed by atoms with van der Waals surface area (Å²) < 4.78 is 26.5. The van der Waals surface area contributed by atoms with E-state index in [-0.39, 0.29) is 9.92 Å². The average Bonchev–Trinajstić information content (AvgIpc) is 2.76. The molecule has 2 aromatic heterocycles. The molecule has 6 nitrogen and oxygen atoms in total. The molecule has 0 bridgehead atoms. The van der Waals surface area contributed by atoms with Gasteiger partial charge in [-0.25, -0.2) is 0 Å². The summed E-state index contributed by atoms with van der Waals surface area (Å²) in [5.41, 5.74) is 0.548. The van der Waals surface area contributed by atoms with Crippen LogP contribution in [0.25, 0.3) is 0 Å². The Hall–Kier alpha value is -1.34. The van der Waals surface area contributed by atoms with Crippen LogP contribution >= 0.6 is 11.6 Å². The second kappa shape index (κ2) is 3.60. The minimum atomic E-state index is -3.69. The maximum Gasteiger partial charge on any atom is 0.286 e. The maximum atomic E-state index is 12.1. The second-order valence-electron chi connectivity index (χ2n) is 3.25. The molecule has 0 radical (unpaired) electrons. The van der Waals surface area contributed by atoms with E-state index in [1.54, 1.807) is 14.0 Å². The van der Waals surface area contributed by atoms with E-state index >= 15 is 0 Å². The second-order valence-corrected chi connectivity index (χ2v) is 5.45. The molecule has 0 saturated heterocycles. The minimum Gasteiger partial charge on any atom is -0.272 e. The van der Waals surface area contributed by atoms with Gasteiger partial charge >= 0.3 is 0 Å². The van der Waals surface area contributed by atoms with Gasteiger partial charge in [0.15, 0.2) is 0 Å². The molecule has 2 heterocycles. The van der Waals surface area contributed by atoms with Gasteiger partial charge in [0, 0.05) is 7.05 Å². The standard InChI is InChI=1S/C8H9ClN4O2S/c1-6-8(4-10-12(6)2)16(14,15)13-5-7(9)3-11-13/h3-5H,1-2H3. The first-order valence-electron chi connectivity index (χ1n) is 4.37. The zero-order valence-electron chi connectivity index (χ0n) is 8.62. The smallest absolute Gasteiger partial charge is 0.272 e. The number of hydrogen-bond acceptors (Lipinski definition) is 4. The van der Waals surface area contributed by atoms with E-state index in [0.717, 1.165) is 4.09 Å². The Morgan fingerprint density at radius 2 is 2.00 bits per heavy atom. The van der Waals surface area contributed by atoms with Gasteiger partial charge in [-0.05, 0) is 6.92 Å². The van der Waals surface area contributed by atoms with Gasteiger partial charge in [-0.15, -0.1) is 0 Å². The third-order valence-corrected chi connectivity index (χ3v) is 4.09. The fourth-order valence-electron chi connectivity index (χ4n) is 1.25. The van der Waals surface area contributed by atoms with Crippen molar-refractivity contribution in [1.29, 1.82) is 0 Å². The molecule has 0 atom stereocenters. The molecule has 8 heteroatoms. The summed E-state index contributed by atoms with van der Waals surface area (Å²) in [4.78, 5) is 0.120. The van der Waals surface area contributed by atoms with Crippen LogP contribution in [-0.4, -0.2) is 27.4 Å². The Morgan fingerprint density at radius 3 is 2.44 bits per heavy atom. The highest BCUT2D eigenvalue weighted by molar-refractivity contribution is 7.89. The molecule has 2 rings (SSSR count). The number of aryl methyl sites for hydroxylation is 1. The maximum absolute atomic E-state index is 12.1. The van der Waals surface area contributed by atoms with Crippen LogP contribution in [0.3, 0.4) is 0 Å². The summed E-state index contributed by atoms with van der Waals surface area (Å²) in [5, 5.41) is 7.82. The predicted molar refractivity (Wildman–Crippen MR) is 57.8 cm³/mol. The third kappa shape index (κ3) is 1.61. The van der Waals surface area contributed by atoms with E-state index in [2.05, 4.69) is 10.2 Å². The Labute approximate surface area is 97.5 Å². The first kappa shape index (κ1) is 11.2. The van der Waals surface area contributed by atoms with Crippen molar-refractivity contribution in [2.75, 3.05) is 0 Å². The lowest BCUT2D eigenvalue weighted by molar-refractivity contribution is 0.579. The summed E-state index contributed by atoms with van der Waals surface area (Å²) in [6, 6.07) is 0. The van der Waals surface area contributed by atoms with Crippen LogP contribution < -0.4 is 0 Å². The van der Waals surface area contributed by atoms with Gasteiger partial charge in [0.2, 0.25) is 0 Å². The van der Waals surface area contributed by atoms with Crippen LogP contribution in [0.2, 0.25) is 5.02 Å². The normalized spacial score (nSPS) is 11.9. The highest BCUT2D eigenvalue weighted by Gasteiger charge is 2.22. The third-order valence-electron chi connectivity index (χ3n) is 2.24. The van der Waals surface area contributed by atoms with E-state index in [0.29, 0.717) is 5.69 Å². The van der Waals surface area contributed by atoms with E-state index in [1.165, 1.54) is 23.3 Å². The Kier molecular flexibility index (Phi) is 2.51. The van der Waals surface area contributed by atoms with Gasteiger partial charge in [-0.3, -0.25) is 4.68 Å². The molecule has 0 fully saturated rings. The van der Waals surface area contributed by atoms with E-state index < -0.39 is 10.0 Å². The van der Waals surface area contributed by atoms with Crippen LogP contribution in [0.5, 0.6) is 0 Å². The van der Waals surface area contributed by atoms with Gasteiger partial charge in [0.05, 0.1) is 29.3 Å². The summed E-state index contributed by atoms with van der Waals surface area (Å²) in [6.45, 7) is 1.67. The van der Waals surface area contributed by atoms with Crippen molar-refractivity contribution >= 4 is 21.6 Å². The van der Waals surface area contributed by atoms with Crippen LogP contribution in [0.1, 0.15) is 5.69 Å². The zero-order chi connectivity index (χ0) is 11.9. The van der Waals surface area contributed by atoms with Crippen LogP contribution in [-0.2, 0) is 17.1 Å². The van der Waals surface area contributed by atoms with Gasteiger partial charge < -0.3 is 0 Å². The van der Waals surface area contributed by atoms with Crippen molar-refractivity contribution < 1.29 is 8.42 Å². The van der Waals surface area contributed by atoms with E-state index in [4.69, 9.17) is 11.6 Å². The fraction of sp³-hybridized carbons (Fsp3) is 0.250. The van der Waals surface area contributed by atoms with Crippen molar-refractivity contribution in [3.63, 3.8) is 0 Å². The lowest BCUT2D eigenvalue weighted by Gasteiger charge is -2.02. The minimum absolute atomic E-state index is 0.120. The molecule has 0 amide bonds. The quantitative estimate of drug-likeness (QED) is 0.801. The molecule has 0 aliphatic rings. The summed E-state index contributed by atoms with van der Waals surface area (Å²) in [7, 11) is -2.02. The highest BCUT2D eigenvalue weighted by atomic mass is 35.5. The van der Waals surface area contributed by atoms with Gasteiger partial charge in [-0.2, -0.15) is 22.7 Å². The zero-order valence-corrected chi connectivity index (χ0v) is 10.2. The molecule has 0 aliphatic carbocycles. The van der Waals surface area contributed by atoms with Gasteiger partial charge in [0.1, 0.15) is 4.90 Å². The first-order chi connectivity index (χ1) is 7.43. The fourth-order valence-corrected chi connectivity index (χ4v) is 2.75. The van der Waals surface area contributed by atoms with Crippen molar-refractivity contribution in [3.05, 3.63) is 29.3 Å². The van der Waals surface area contributed by atoms with E-state index in [9.17, 15) is 8.42 Å². The van der Waals surface area contributed by atoms with Crippen molar-refractivity contribution in [3.8, 4) is 0 Å². The molecular weight excluding hydrogens is 252 g/mol. The Balaban J connectivity index is 2.60. The van der Waals surface area contributed by atoms with Crippen LogP contribution in [0.15, 0.2) is 23.5 Å². The van der Waals surface area contributed by atoms with Crippen molar-refractivity contribution in [1.82, 2.24) is 19.0 Å².